The first-order valence-electron chi connectivity index (χ1n) is 6.89. The van der Waals surface area contributed by atoms with E-state index in [0.29, 0.717) is 13.0 Å². The maximum absolute atomic E-state index is 12.0. The number of aliphatic hydroxyl groups is 1. The van der Waals surface area contributed by atoms with Gasteiger partial charge < -0.3 is 19.9 Å². The van der Waals surface area contributed by atoms with Gasteiger partial charge in [0, 0.05) is 19.1 Å². The van der Waals surface area contributed by atoms with Crippen molar-refractivity contribution in [2.45, 2.75) is 12.3 Å². The Labute approximate surface area is 127 Å². The number of rotatable bonds is 7. The molecular weight excluding hydrogens is 286 g/mol. The van der Waals surface area contributed by atoms with Gasteiger partial charge in [0.25, 0.3) is 5.91 Å². The first kappa shape index (κ1) is 15.8. The molecular formula is C16H17NO5. The van der Waals surface area contributed by atoms with E-state index in [1.165, 1.54) is 12.1 Å². The summed E-state index contributed by atoms with van der Waals surface area (Å²) in [5.41, 5.74) is 1.02. The molecule has 3 N–H and O–H groups in total. The summed E-state index contributed by atoms with van der Waals surface area (Å²) < 4.78 is 4.94. The fraction of sp³-hybridized carbons (Fsp3) is 0.250. The number of carboxylic acid groups (broad SMARTS) is 1. The molecule has 0 aliphatic carbocycles. The summed E-state index contributed by atoms with van der Waals surface area (Å²) in [5, 5.41) is 20.6. The highest BCUT2D eigenvalue weighted by atomic mass is 16.4. The second-order valence-corrected chi connectivity index (χ2v) is 4.80. The van der Waals surface area contributed by atoms with Crippen LogP contribution in [0.5, 0.6) is 0 Å². The minimum absolute atomic E-state index is 0.0132. The molecule has 0 aliphatic heterocycles. The summed E-state index contributed by atoms with van der Waals surface area (Å²) in [5.74, 6) is -2.05. The van der Waals surface area contributed by atoms with Crippen molar-refractivity contribution in [1.82, 2.24) is 5.32 Å². The average Bonchev–Trinajstić information content (AvgIpc) is 3.02. The largest absolute Gasteiger partial charge is 0.475 e. The maximum Gasteiger partial charge on any atom is 0.371 e. The number of nitrogens with one attached hydrogen (secondary N) is 1. The fourth-order valence-electron chi connectivity index (χ4n) is 2.15. The summed E-state index contributed by atoms with van der Waals surface area (Å²) in [7, 11) is 0. The van der Waals surface area contributed by atoms with Crippen LogP contribution in [0.15, 0.2) is 46.9 Å². The van der Waals surface area contributed by atoms with Crippen molar-refractivity contribution in [2.24, 2.45) is 0 Å². The predicted octanol–water partition coefficient (Wildman–Crippen LogP) is 1.87. The van der Waals surface area contributed by atoms with Gasteiger partial charge in [0.2, 0.25) is 5.76 Å². The van der Waals surface area contributed by atoms with Gasteiger partial charge >= 0.3 is 5.97 Å². The van der Waals surface area contributed by atoms with Gasteiger partial charge in [-0.1, -0.05) is 30.3 Å². The highest BCUT2D eigenvalue weighted by Crippen LogP contribution is 2.18. The third-order valence-electron chi connectivity index (χ3n) is 3.30. The quantitative estimate of drug-likeness (QED) is 0.725. The van der Waals surface area contributed by atoms with Gasteiger partial charge in [-0.3, -0.25) is 4.79 Å². The lowest BCUT2D eigenvalue weighted by atomic mass is 9.96. The lowest BCUT2D eigenvalue weighted by Crippen LogP contribution is -2.28. The van der Waals surface area contributed by atoms with Crippen LogP contribution in [-0.4, -0.2) is 35.2 Å². The van der Waals surface area contributed by atoms with Crippen LogP contribution in [0.25, 0.3) is 0 Å². The number of aliphatic hydroxyl groups excluding tert-OH is 1. The van der Waals surface area contributed by atoms with E-state index in [-0.39, 0.29) is 24.0 Å². The van der Waals surface area contributed by atoms with Gasteiger partial charge in [-0.2, -0.15) is 0 Å². The van der Waals surface area contributed by atoms with Crippen LogP contribution >= 0.6 is 0 Å². The Morgan fingerprint density at radius 2 is 1.77 bits per heavy atom. The topological polar surface area (TPSA) is 99.8 Å². The highest BCUT2D eigenvalue weighted by Gasteiger charge is 2.17. The summed E-state index contributed by atoms with van der Waals surface area (Å²) in [6, 6.07) is 12.1. The number of carboxylic acids is 1. The second-order valence-electron chi connectivity index (χ2n) is 4.80. The van der Waals surface area contributed by atoms with Crippen molar-refractivity contribution < 1.29 is 24.2 Å². The van der Waals surface area contributed by atoms with Crippen molar-refractivity contribution in [3.63, 3.8) is 0 Å². The zero-order valence-electron chi connectivity index (χ0n) is 11.9. The molecule has 22 heavy (non-hydrogen) atoms. The molecule has 0 saturated heterocycles. The summed E-state index contributed by atoms with van der Waals surface area (Å²) in [6.07, 6.45) is 0.517. The Morgan fingerprint density at radius 1 is 1.09 bits per heavy atom. The van der Waals surface area contributed by atoms with Crippen LogP contribution in [0.2, 0.25) is 0 Å². The first-order valence-corrected chi connectivity index (χ1v) is 6.89. The molecule has 0 radical (unpaired) electrons. The van der Waals surface area contributed by atoms with Crippen LogP contribution in [0.4, 0.5) is 0 Å². The molecule has 6 nitrogen and oxygen atoms in total. The fourth-order valence-corrected chi connectivity index (χ4v) is 2.15. The lowest BCUT2D eigenvalue weighted by Gasteiger charge is -2.16. The van der Waals surface area contributed by atoms with E-state index >= 15 is 0 Å². The SMILES string of the molecule is O=C(O)c1ccc(C(=O)NCC(CCO)c2ccccc2)o1. The van der Waals surface area contributed by atoms with Crippen molar-refractivity contribution in [1.29, 1.82) is 0 Å². The normalized spacial score (nSPS) is 11.9. The van der Waals surface area contributed by atoms with E-state index in [0.717, 1.165) is 5.56 Å². The van der Waals surface area contributed by atoms with E-state index in [2.05, 4.69) is 5.32 Å². The smallest absolute Gasteiger partial charge is 0.371 e. The Kier molecular flexibility index (Phi) is 5.32. The van der Waals surface area contributed by atoms with Crippen molar-refractivity contribution >= 4 is 11.9 Å². The summed E-state index contributed by atoms with van der Waals surface area (Å²) in [4.78, 5) is 22.7. The molecule has 2 rings (SSSR count). The molecule has 6 heteroatoms. The monoisotopic (exact) mass is 303 g/mol. The van der Waals surface area contributed by atoms with E-state index in [1.54, 1.807) is 0 Å². The number of furan rings is 1. The number of carbonyl (C=O) groups excluding carboxylic acids is 1. The van der Waals surface area contributed by atoms with Gasteiger partial charge in [-0.25, -0.2) is 4.79 Å². The van der Waals surface area contributed by atoms with Crippen molar-refractivity contribution in [2.75, 3.05) is 13.2 Å². The molecule has 1 atom stereocenters. The minimum Gasteiger partial charge on any atom is -0.475 e. The third-order valence-corrected chi connectivity index (χ3v) is 3.30. The molecule has 116 valence electrons. The molecule has 0 bridgehead atoms. The number of aromatic carboxylic acids is 1. The minimum atomic E-state index is -1.22. The van der Waals surface area contributed by atoms with Crippen LogP contribution < -0.4 is 5.32 Å². The Morgan fingerprint density at radius 3 is 2.36 bits per heavy atom. The molecule has 1 unspecified atom stereocenters. The molecule has 0 fully saturated rings. The van der Waals surface area contributed by atoms with Crippen molar-refractivity contribution in [3.8, 4) is 0 Å². The van der Waals surface area contributed by atoms with Crippen molar-refractivity contribution in [3.05, 3.63) is 59.5 Å². The second kappa shape index (κ2) is 7.42. The van der Waals surface area contributed by atoms with Crippen LogP contribution in [0, 0.1) is 0 Å². The first-order chi connectivity index (χ1) is 10.6. The standard InChI is InChI=1S/C16H17NO5/c18-9-8-12(11-4-2-1-3-5-11)10-17-15(19)13-6-7-14(22-13)16(20)21/h1-7,12,18H,8-10H2,(H,17,19)(H,20,21). The van der Waals surface area contributed by atoms with Gasteiger partial charge in [0.1, 0.15) is 0 Å². The Hall–Kier alpha value is -2.60. The Bertz CT molecular complexity index is 635. The molecule has 1 heterocycles. The van der Waals surface area contributed by atoms with Crippen LogP contribution in [0.1, 0.15) is 39.0 Å². The van der Waals surface area contributed by atoms with E-state index in [4.69, 9.17) is 14.6 Å². The number of benzene rings is 1. The summed E-state index contributed by atoms with van der Waals surface area (Å²) in [6.45, 7) is 0.339. The van der Waals surface area contributed by atoms with E-state index < -0.39 is 11.9 Å². The van der Waals surface area contributed by atoms with E-state index in [9.17, 15) is 9.59 Å². The molecule has 1 amide bonds. The van der Waals surface area contributed by atoms with Crippen LogP contribution in [-0.2, 0) is 0 Å². The van der Waals surface area contributed by atoms with Gasteiger partial charge in [0.05, 0.1) is 0 Å². The highest BCUT2D eigenvalue weighted by molar-refractivity contribution is 5.93. The zero-order chi connectivity index (χ0) is 15.9. The third kappa shape index (κ3) is 3.95. The number of hydrogen-bond acceptors (Lipinski definition) is 4. The average molecular weight is 303 g/mol. The molecule has 0 saturated carbocycles. The number of carbonyl (C=O) groups is 2. The molecule has 1 aromatic heterocycles. The molecule has 2 aromatic rings. The molecule has 0 aliphatic rings. The van der Waals surface area contributed by atoms with E-state index in [1.807, 2.05) is 30.3 Å². The lowest BCUT2D eigenvalue weighted by molar-refractivity contribution is 0.0659. The number of amides is 1. The number of hydrogen-bond donors (Lipinski definition) is 3. The van der Waals surface area contributed by atoms with Crippen LogP contribution in [0.3, 0.4) is 0 Å². The summed E-state index contributed by atoms with van der Waals surface area (Å²) >= 11 is 0. The molecule has 1 aromatic carbocycles. The Balaban J connectivity index is 1.99. The van der Waals surface area contributed by atoms with Gasteiger partial charge in [-0.05, 0) is 24.1 Å². The van der Waals surface area contributed by atoms with Gasteiger partial charge in [0.15, 0.2) is 5.76 Å². The van der Waals surface area contributed by atoms with Gasteiger partial charge in [-0.15, -0.1) is 0 Å². The maximum atomic E-state index is 12.0. The zero-order valence-corrected chi connectivity index (χ0v) is 11.9. The predicted molar refractivity (Wildman–Crippen MR) is 78.9 cm³/mol. The molecule has 0 spiro atoms.